The van der Waals surface area contributed by atoms with E-state index in [-0.39, 0.29) is 17.2 Å². The molecule has 2 aromatic rings. The molecule has 2 aliphatic heterocycles. The SMILES string of the molecule is CNc1ncc(-c2cc(N3CC(C)C3)nc(N3CCOCC3)n2)c(C(F)(F)F)n1. The summed E-state index contributed by atoms with van der Waals surface area (Å²) in [5.41, 5.74) is -1.03. The maximum absolute atomic E-state index is 13.7. The Morgan fingerprint density at radius 2 is 1.83 bits per heavy atom. The van der Waals surface area contributed by atoms with Gasteiger partial charge >= 0.3 is 6.18 Å². The van der Waals surface area contributed by atoms with Crippen molar-refractivity contribution in [2.45, 2.75) is 13.1 Å². The molecule has 4 heterocycles. The van der Waals surface area contributed by atoms with Gasteiger partial charge < -0.3 is 19.9 Å². The number of ether oxygens (including phenoxy) is 1. The minimum absolute atomic E-state index is 0.0969. The molecule has 0 radical (unpaired) electrons. The van der Waals surface area contributed by atoms with Crippen LogP contribution in [0.3, 0.4) is 0 Å². The van der Waals surface area contributed by atoms with Crippen molar-refractivity contribution in [3.8, 4) is 11.3 Å². The second-order valence-corrected chi connectivity index (χ2v) is 7.22. The van der Waals surface area contributed by atoms with Gasteiger partial charge in [0.25, 0.3) is 0 Å². The zero-order chi connectivity index (χ0) is 20.6. The van der Waals surface area contributed by atoms with Gasteiger partial charge in [0.15, 0.2) is 5.69 Å². The number of alkyl halides is 3. The van der Waals surface area contributed by atoms with E-state index < -0.39 is 11.9 Å². The Morgan fingerprint density at radius 1 is 1.10 bits per heavy atom. The normalized spacial score (nSPS) is 18.0. The predicted molar refractivity (Wildman–Crippen MR) is 102 cm³/mol. The van der Waals surface area contributed by atoms with E-state index in [0.29, 0.717) is 44.0 Å². The summed E-state index contributed by atoms with van der Waals surface area (Å²) in [6.45, 7) is 5.95. The predicted octanol–water partition coefficient (Wildman–Crippen LogP) is 2.29. The molecule has 2 saturated heterocycles. The molecule has 11 heteroatoms. The minimum atomic E-state index is -4.64. The van der Waals surface area contributed by atoms with Crippen LogP contribution in [0.15, 0.2) is 12.3 Å². The third-order valence-corrected chi connectivity index (χ3v) is 4.94. The van der Waals surface area contributed by atoms with Crippen molar-refractivity contribution in [1.29, 1.82) is 0 Å². The molecule has 0 saturated carbocycles. The van der Waals surface area contributed by atoms with E-state index in [1.807, 2.05) is 9.80 Å². The summed E-state index contributed by atoms with van der Waals surface area (Å²) in [4.78, 5) is 20.7. The fraction of sp³-hybridized carbons (Fsp3) is 0.556. The van der Waals surface area contributed by atoms with Crippen molar-refractivity contribution in [1.82, 2.24) is 19.9 Å². The summed E-state index contributed by atoms with van der Waals surface area (Å²) in [5, 5.41) is 2.55. The van der Waals surface area contributed by atoms with Crippen molar-refractivity contribution in [2.24, 2.45) is 5.92 Å². The standard InChI is InChI=1S/C18H22F3N7O/c1-11-9-28(10-11)14-7-13(24-17(25-14)27-3-5-29-6-4-27)12-8-23-16(22-2)26-15(12)18(19,20)21/h7-8,11H,3-6,9-10H2,1-2H3,(H,22,23,26). The van der Waals surface area contributed by atoms with E-state index in [1.165, 1.54) is 7.05 Å². The lowest BCUT2D eigenvalue weighted by molar-refractivity contribution is -0.140. The molecule has 0 amide bonds. The lowest BCUT2D eigenvalue weighted by Gasteiger charge is -2.39. The summed E-state index contributed by atoms with van der Waals surface area (Å²) in [6, 6.07) is 1.59. The second-order valence-electron chi connectivity index (χ2n) is 7.22. The molecule has 1 N–H and O–H groups in total. The molecule has 0 aromatic carbocycles. The highest BCUT2D eigenvalue weighted by atomic mass is 19.4. The van der Waals surface area contributed by atoms with Gasteiger partial charge in [-0.25, -0.2) is 15.0 Å². The molecular weight excluding hydrogens is 387 g/mol. The summed E-state index contributed by atoms with van der Waals surface area (Å²) in [7, 11) is 1.47. The van der Waals surface area contributed by atoms with Gasteiger partial charge in [-0.1, -0.05) is 6.92 Å². The van der Waals surface area contributed by atoms with E-state index in [0.717, 1.165) is 19.3 Å². The van der Waals surface area contributed by atoms with Crippen molar-refractivity contribution >= 4 is 17.7 Å². The first-order valence-corrected chi connectivity index (χ1v) is 9.44. The van der Waals surface area contributed by atoms with Crippen LogP contribution in [0.5, 0.6) is 0 Å². The van der Waals surface area contributed by atoms with Crippen LogP contribution in [0.2, 0.25) is 0 Å². The van der Waals surface area contributed by atoms with Gasteiger partial charge in [-0.3, -0.25) is 0 Å². The van der Waals surface area contributed by atoms with Gasteiger partial charge in [0.05, 0.1) is 18.9 Å². The highest BCUT2D eigenvalue weighted by molar-refractivity contribution is 5.68. The Kier molecular flexibility index (Phi) is 5.15. The molecule has 156 valence electrons. The second kappa shape index (κ2) is 7.62. The van der Waals surface area contributed by atoms with Crippen LogP contribution in [0.25, 0.3) is 11.3 Å². The number of aromatic nitrogens is 4. The van der Waals surface area contributed by atoms with Crippen LogP contribution in [0.4, 0.5) is 30.9 Å². The Hall–Kier alpha value is -2.69. The van der Waals surface area contributed by atoms with E-state index in [9.17, 15) is 13.2 Å². The van der Waals surface area contributed by atoms with Gasteiger partial charge in [-0.2, -0.15) is 18.2 Å². The van der Waals surface area contributed by atoms with Crippen molar-refractivity contribution < 1.29 is 17.9 Å². The molecule has 0 bridgehead atoms. The highest BCUT2D eigenvalue weighted by Crippen LogP contribution is 2.37. The van der Waals surface area contributed by atoms with E-state index >= 15 is 0 Å². The van der Waals surface area contributed by atoms with Gasteiger partial charge in [-0.05, 0) is 5.92 Å². The van der Waals surface area contributed by atoms with Crippen LogP contribution in [-0.2, 0) is 10.9 Å². The van der Waals surface area contributed by atoms with Crippen LogP contribution in [-0.4, -0.2) is 66.4 Å². The lowest BCUT2D eigenvalue weighted by Crippen LogP contribution is -2.46. The summed E-state index contributed by atoms with van der Waals surface area (Å²) >= 11 is 0. The van der Waals surface area contributed by atoms with Crippen LogP contribution >= 0.6 is 0 Å². The summed E-state index contributed by atoms with van der Waals surface area (Å²) in [5.74, 6) is 1.43. The van der Waals surface area contributed by atoms with Gasteiger partial charge in [0, 0.05) is 51.1 Å². The Bertz CT molecular complexity index is 880. The number of hydrogen-bond donors (Lipinski definition) is 1. The number of nitrogens with zero attached hydrogens (tertiary/aromatic N) is 6. The molecule has 8 nitrogen and oxygen atoms in total. The number of hydrogen-bond acceptors (Lipinski definition) is 8. The first-order valence-electron chi connectivity index (χ1n) is 9.44. The third-order valence-electron chi connectivity index (χ3n) is 4.94. The molecule has 29 heavy (non-hydrogen) atoms. The van der Waals surface area contributed by atoms with E-state index in [1.54, 1.807) is 6.07 Å². The fourth-order valence-corrected chi connectivity index (χ4v) is 3.42. The maximum atomic E-state index is 13.7. The molecule has 0 atom stereocenters. The summed E-state index contributed by atoms with van der Waals surface area (Å²) < 4.78 is 46.4. The molecule has 2 aliphatic rings. The quantitative estimate of drug-likeness (QED) is 0.824. The first kappa shape index (κ1) is 19.6. The smallest absolute Gasteiger partial charge is 0.378 e. The average Bonchev–Trinajstić information content (AvgIpc) is 2.70. The minimum Gasteiger partial charge on any atom is -0.378 e. The maximum Gasteiger partial charge on any atom is 0.434 e. The van der Waals surface area contributed by atoms with Crippen LogP contribution in [0.1, 0.15) is 12.6 Å². The number of anilines is 3. The first-order chi connectivity index (χ1) is 13.8. The number of rotatable bonds is 4. The molecular formula is C18H22F3N7O. The van der Waals surface area contributed by atoms with E-state index in [2.05, 4.69) is 32.2 Å². The van der Waals surface area contributed by atoms with Gasteiger partial charge in [0.2, 0.25) is 11.9 Å². The molecule has 0 spiro atoms. The van der Waals surface area contributed by atoms with Gasteiger partial charge in [0.1, 0.15) is 5.82 Å². The zero-order valence-corrected chi connectivity index (χ0v) is 16.2. The van der Waals surface area contributed by atoms with Crippen molar-refractivity contribution in [2.75, 3.05) is 61.6 Å². The Labute approximate surface area is 166 Å². The molecule has 2 aromatic heterocycles. The largest absolute Gasteiger partial charge is 0.434 e. The molecule has 0 unspecified atom stereocenters. The lowest BCUT2D eigenvalue weighted by atomic mass is 10.0. The topological polar surface area (TPSA) is 79.3 Å². The Balaban J connectivity index is 1.81. The molecule has 2 fully saturated rings. The number of halogens is 3. The third kappa shape index (κ3) is 4.04. The van der Waals surface area contributed by atoms with Crippen molar-refractivity contribution in [3.05, 3.63) is 18.0 Å². The molecule has 4 rings (SSSR count). The van der Waals surface area contributed by atoms with Crippen LogP contribution in [0, 0.1) is 5.92 Å². The Morgan fingerprint density at radius 3 is 2.45 bits per heavy atom. The van der Waals surface area contributed by atoms with Gasteiger partial charge in [-0.15, -0.1) is 0 Å². The monoisotopic (exact) mass is 409 g/mol. The summed E-state index contributed by atoms with van der Waals surface area (Å²) in [6.07, 6.45) is -3.48. The van der Waals surface area contributed by atoms with Crippen molar-refractivity contribution in [3.63, 3.8) is 0 Å². The highest BCUT2D eigenvalue weighted by Gasteiger charge is 2.37. The molecule has 0 aliphatic carbocycles. The number of nitrogens with one attached hydrogen (secondary N) is 1. The zero-order valence-electron chi connectivity index (χ0n) is 16.2. The fourth-order valence-electron chi connectivity index (χ4n) is 3.42. The number of morpholine rings is 1. The van der Waals surface area contributed by atoms with E-state index in [4.69, 9.17) is 4.74 Å². The van der Waals surface area contributed by atoms with Crippen LogP contribution < -0.4 is 15.1 Å². The average molecular weight is 409 g/mol.